The Morgan fingerprint density at radius 1 is 0.759 bits per heavy atom. The van der Waals surface area contributed by atoms with Crippen molar-refractivity contribution in [2.45, 2.75) is 82.4 Å². The van der Waals surface area contributed by atoms with Crippen LogP contribution in [0.1, 0.15) is 76.7 Å². The van der Waals surface area contributed by atoms with Crippen LogP contribution < -0.4 is 4.74 Å². The Morgan fingerprint density at radius 2 is 1.31 bits per heavy atom. The van der Waals surface area contributed by atoms with E-state index < -0.39 is 10.1 Å². The summed E-state index contributed by atoms with van der Waals surface area (Å²) in [5.41, 5.74) is 1.25. The van der Waals surface area contributed by atoms with Crippen molar-refractivity contribution < 1.29 is 17.7 Å². The van der Waals surface area contributed by atoms with Crippen LogP contribution in [0.15, 0.2) is 53.4 Å². The zero-order valence-corrected chi connectivity index (χ0v) is 18.3. The van der Waals surface area contributed by atoms with E-state index in [1.165, 1.54) is 81.9 Å². The average Bonchev–Trinajstić information content (AvgIpc) is 2.70. The zero-order valence-electron chi connectivity index (χ0n) is 17.5. The van der Waals surface area contributed by atoms with Gasteiger partial charge in [0.25, 0.3) is 10.1 Å². The summed E-state index contributed by atoms with van der Waals surface area (Å²) in [6.45, 7) is 2.25. The number of hydrogen-bond acceptors (Lipinski definition) is 3. The highest BCUT2D eigenvalue weighted by atomic mass is 32.2. The second kappa shape index (κ2) is 12.7. The molecule has 0 aliphatic rings. The summed E-state index contributed by atoms with van der Waals surface area (Å²) < 4.78 is 37.9. The maximum atomic E-state index is 11.4. The van der Waals surface area contributed by atoms with E-state index in [1.807, 2.05) is 24.3 Å². The highest BCUT2D eigenvalue weighted by Crippen LogP contribution is 2.28. The number of unbranched alkanes of at least 4 members (excludes halogenated alkanes) is 9. The first-order valence-electron chi connectivity index (χ1n) is 10.8. The molecule has 5 heteroatoms. The van der Waals surface area contributed by atoms with Crippen LogP contribution in [-0.2, 0) is 16.5 Å². The molecule has 0 atom stereocenters. The normalized spacial score (nSPS) is 11.5. The summed E-state index contributed by atoms with van der Waals surface area (Å²) in [5.74, 6) is 0.672. The smallest absolute Gasteiger partial charge is 0.298 e. The summed E-state index contributed by atoms with van der Waals surface area (Å²) in [6.07, 6.45) is 14.3. The first-order valence-corrected chi connectivity index (χ1v) is 12.3. The van der Waals surface area contributed by atoms with Gasteiger partial charge < -0.3 is 4.74 Å². The Balaban J connectivity index is 1.69. The van der Waals surface area contributed by atoms with Crippen LogP contribution in [0.25, 0.3) is 0 Å². The molecule has 0 bridgehead atoms. The lowest BCUT2D eigenvalue weighted by Gasteiger charge is -2.10. The second-order valence-electron chi connectivity index (χ2n) is 7.60. The molecular formula is C24H34O4S. The number of ether oxygens (including phenoxy) is 1. The van der Waals surface area contributed by atoms with Crippen LogP contribution in [0.2, 0.25) is 0 Å². The molecule has 0 spiro atoms. The number of para-hydroxylation sites is 1. The molecule has 0 aliphatic carbocycles. The molecule has 4 nitrogen and oxygen atoms in total. The van der Waals surface area contributed by atoms with Crippen LogP contribution in [0.4, 0.5) is 0 Å². The van der Waals surface area contributed by atoms with Gasteiger partial charge in [0.1, 0.15) is 16.4 Å². The van der Waals surface area contributed by atoms with Crippen LogP contribution in [0.5, 0.6) is 11.5 Å². The molecule has 0 aromatic heterocycles. The molecule has 0 aliphatic heterocycles. The van der Waals surface area contributed by atoms with Gasteiger partial charge in [-0.25, -0.2) is 0 Å². The molecule has 0 unspecified atom stereocenters. The first-order chi connectivity index (χ1) is 14.0. The van der Waals surface area contributed by atoms with Gasteiger partial charge in [-0.2, -0.15) is 8.42 Å². The maximum absolute atomic E-state index is 11.4. The molecule has 0 amide bonds. The third-order valence-corrected chi connectivity index (χ3v) is 5.99. The van der Waals surface area contributed by atoms with Gasteiger partial charge in [0.15, 0.2) is 0 Å². The Kier molecular flexibility index (Phi) is 10.2. The van der Waals surface area contributed by atoms with Gasteiger partial charge in [0.05, 0.1) is 0 Å². The van der Waals surface area contributed by atoms with Crippen molar-refractivity contribution in [3.8, 4) is 11.5 Å². The lowest BCUT2D eigenvalue weighted by molar-refractivity contribution is 0.450. The van der Waals surface area contributed by atoms with E-state index in [-0.39, 0.29) is 10.6 Å². The van der Waals surface area contributed by atoms with Gasteiger partial charge >= 0.3 is 0 Å². The van der Waals surface area contributed by atoms with E-state index in [1.54, 1.807) is 12.1 Å². The molecule has 2 aromatic rings. The number of hydrogen-bond donors (Lipinski definition) is 1. The van der Waals surface area contributed by atoms with Gasteiger partial charge in [0.2, 0.25) is 0 Å². The quantitative estimate of drug-likeness (QED) is 0.260. The lowest BCUT2D eigenvalue weighted by Crippen LogP contribution is -2.00. The van der Waals surface area contributed by atoms with Gasteiger partial charge in [-0.1, -0.05) is 89.0 Å². The molecule has 0 heterocycles. The van der Waals surface area contributed by atoms with E-state index in [0.717, 1.165) is 6.42 Å². The summed E-state index contributed by atoms with van der Waals surface area (Å²) in [4.78, 5) is -0.227. The highest BCUT2D eigenvalue weighted by molar-refractivity contribution is 7.86. The minimum absolute atomic E-state index is 0.123. The SMILES string of the molecule is CCCCCCCCCCCCc1ccc(Oc2ccccc2S(=O)(=O)O)cc1. The summed E-state index contributed by atoms with van der Waals surface area (Å²) >= 11 is 0. The molecule has 160 valence electrons. The molecule has 29 heavy (non-hydrogen) atoms. The minimum Gasteiger partial charge on any atom is -0.456 e. The largest absolute Gasteiger partial charge is 0.456 e. The van der Waals surface area contributed by atoms with Crippen LogP contribution in [0.3, 0.4) is 0 Å². The molecule has 2 aromatic carbocycles. The Hall–Kier alpha value is -1.85. The van der Waals surface area contributed by atoms with E-state index in [9.17, 15) is 13.0 Å². The standard InChI is InChI=1S/C24H34O4S/c1-2-3-4-5-6-7-8-9-10-11-14-21-17-19-22(20-18-21)28-23-15-12-13-16-24(23)29(25,26)27/h12-13,15-20H,2-11,14H2,1H3,(H,25,26,27). The lowest BCUT2D eigenvalue weighted by atomic mass is 10.0. The predicted molar refractivity (Wildman–Crippen MR) is 118 cm³/mol. The molecule has 0 radical (unpaired) electrons. The van der Waals surface area contributed by atoms with Gasteiger partial charge in [0, 0.05) is 0 Å². The van der Waals surface area contributed by atoms with Crippen LogP contribution >= 0.6 is 0 Å². The van der Waals surface area contributed by atoms with Gasteiger partial charge in [-0.15, -0.1) is 0 Å². The predicted octanol–water partition coefficient (Wildman–Crippen LogP) is 7.19. The first kappa shape index (κ1) is 23.4. The fourth-order valence-corrected chi connectivity index (χ4v) is 4.03. The van der Waals surface area contributed by atoms with Crippen molar-refractivity contribution >= 4 is 10.1 Å². The molecule has 2 rings (SSSR count). The Morgan fingerprint density at radius 3 is 1.90 bits per heavy atom. The van der Waals surface area contributed by atoms with Crippen LogP contribution in [0, 0.1) is 0 Å². The van der Waals surface area contributed by atoms with E-state index in [0.29, 0.717) is 5.75 Å². The monoisotopic (exact) mass is 418 g/mol. The van der Waals surface area contributed by atoms with Crippen molar-refractivity contribution in [1.82, 2.24) is 0 Å². The fourth-order valence-electron chi connectivity index (χ4n) is 3.42. The molecule has 0 saturated heterocycles. The van der Waals surface area contributed by atoms with E-state index in [4.69, 9.17) is 4.74 Å². The summed E-state index contributed by atoms with van der Waals surface area (Å²) in [5, 5.41) is 0. The van der Waals surface area contributed by atoms with Crippen molar-refractivity contribution in [3.63, 3.8) is 0 Å². The van der Waals surface area contributed by atoms with Crippen LogP contribution in [-0.4, -0.2) is 13.0 Å². The topological polar surface area (TPSA) is 63.6 Å². The van der Waals surface area contributed by atoms with E-state index in [2.05, 4.69) is 6.92 Å². The molecule has 1 N–H and O–H groups in total. The zero-order chi connectivity index (χ0) is 21.0. The van der Waals surface area contributed by atoms with Crippen molar-refractivity contribution in [1.29, 1.82) is 0 Å². The highest BCUT2D eigenvalue weighted by Gasteiger charge is 2.16. The third-order valence-electron chi connectivity index (χ3n) is 5.10. The number of benzene rings is 2. The number of aryl methyl sites for hydroxylation is 1. The van der Waals surface area contributed by atoms with Crippen molar-refractivity contribution in [2.24, 2.45) is 0 Å². The van der Waals surface area contributed by atoms with Crippen molar-refractivity contribution in [3.05, 3.63) is 54.1 Å². The van der Waals surface area contributed by atoms with E-state index >= 15 is 0 Å². The molecule has 0 fully saturated rings. The average molecular weight is 419 g/mol. The minimum atomic E-state index is -4.31. The summed E-state index contributed by atoms with van der Waals surface area (Å²) in [6, 6.07) is 13.8. The third kappa shape index (κ3) is 9.01. The number of rotatable bonds is 14. The Bertz CT molecular complexity index is 813. The van der Waals surface area contributed by atoms with Gasteiger partial charge in [-0.3, -0.25) is 4.55 Å². The summed E-state index contributed by atoms with van der Waals surface area (Å²) in [7, 11) is -4.31. The molecular weight excluding hydrogens is 384 g/mol. The Labute approximate surface area is 176 Å². The second-order valence-corrected chi connectivity index (χ2v) is 8.99. The molecule has 0 saturated carbocycles. The fraction of sp³-hybridized carbons (Fsp3) is 0.500. The van der Waals surface area contributed by atoms with Gasteiger partial charge in [-0.05, 0) is 42.7 Å². The maximum Gasteiger partial charge on any atom is 0.298 e. The van der Waals surface area contributed by atoms with Crippen molar-refractivity contribution in [2.75, 3.05) is 0 Å².